The number of thiol groups is 1. The Kier molecular flexibility index (Phi) is 7.39. The quantitative estimate of drug-likeness (QED) is 0.436. The smallest absolute Gasteiger partial charge is 0.0487 e. The van der Waals surface area contributed by atoms with Gasteiger partial charge in [0, 0.05) is 13.0 Å². The minimum atomic E-state index is -1.05. The first-order valence-corrected chi connectivity index (χ1v) is 12.4. The summed E-state index contributed by atoms with van der Waals surface area (Å²) in [6.07, 6.45) is 7.45. The van der Waals surface area contributed by atoms with Crippen molar-refractivity contribution in [1.29, 1.82) is 0 Å². The van der Waals surface area contributed by atoms with Gasteiger partial charge in [-0.25, -0.2) is 0 Å². The summed E-state index contributed by atoms with van der Waals surface area (Å²) < 4.78 is 0. The Labute approximate surface area is 132 Å². The first-order chi connectivity index (χ1) is 9.37. The van der Waals surface area contributed by atoms with Crippen LogP contribution in [0.2, 0.25) is 19.6 Å². The average Bonchev–Trinajstić information content (AvgIpc) is 2.35. The van der Waals surface area contributed by atoms with Crippen LogP contribution in [0.5, 0.6) is 0 Å². The number of rotatable bonds is 8. The van der Waals surface area contributed by atoms with Crippen LogP contribution in [-0.2, 0) is 18.9 Å². The van der Waals surface area contributed by atoms with Crippen LogP contribution in [0.4, 0.5) is 0 Å². The van der Waals surface area contributed by atoms with E-state index in [1.807, 2.05) is 0 Å². The van der Waals surface area contributed by atoms with E-state index < -0.39 is 8.07 Å². The van der Waals surface area contributed by atoms with Crippen LogP contribution in [0.25, 0.3) is 0 Å². The maximum Gasteiger partial charge on any atom is 0.0487 e. The predicted octanol–water partition coefficient (Wildman–Crippen LogP) is 6.08. The lowest BCUT2D eigenvalue weighted by atomic mass is 9.99. The highest BCUT2D eigenvalue weighted by Gasteiger charge is 2.16. The second-order valence-electron chi connectivity index (χ2n) is 7.21. The summed E-state index contributed by atoms with van der Waals surface area (Å²) in [6.45, 7) is 11.9. The number of hydrogen-bond donors (Lipinski definition) is 1. The molecule has 1 aromatic rings. The van der Waals surface area contributed by atoms with Gasteiger partial charge in [0.25, 0.3) is 0 Å². The van der Waals surface area contributed by atoms with Crippen molar-refractivity contribution in [3.63, 3.8) is 0 Å². The van der Waals surface area contributed by atoms with Crippen molar-refractivity contribution in [3.8, 4) is 0 Å². The van der Waals surface area contributed by atoms with Crippen LogP contribution in [-0.4, -0.2) is 8.07 Å². The molecule has 0 amide bonds. The zero-order chi connectivity index (χ0) is 15.2. The maximum absolute atomic E-state index is 4.83. The lowest BCUT2D eigenvalue weighted by molar-refractivity contribution is 0.760. The van der Waals surface area contributed by atoms with E-state index in [9.17, 15) is 0 Å². The molecule has 20 heavy (non-hydrogen) atoms. The summed E-state index contributed by atoms with van der Waals surface area (Å²) in [4.78, 5) is 1.27. The average molecular weight is 309 g/mol. The maximum atomic E-state index is 4.83. The van der Waals surface area contributed by atoms with Gasteiger partial charge in [0.15, 0.2) is 0 Å². The molecule has 114 valence electrons. The van der Waals surface area contributed by atoms with Crippen molar-refractivity contribution >= 4 is 20.7 Å². The normalized spacial score (nSPS) is 11.9. The number of aryl methyl sites for hydroxylation is 2. The molecule has 0 radical (unpaired) electrons. The zero-order valence-electron chi connectivity index (χ0n) is 14.1. The second kappa shape index (κ2) is 8.28. The molecule has 0 saturated carbocycles. The highest BCUT2D eigenvalue weighted by molar-refractivity contribution is 7.80. The van der Waals surface area contributed by atoms with Gasteiger partial charge in [-0.2, -0.15) is 0 Å². The summed E-state index contributed by atoms with van der Waals surface area (Å²) in [5.41, 5.74) is 4.52. The standard InChI is InChI=1S/C18H32SSi/c1-6-8-10-16-12-15(14-20(3,4)5)13-17(18(16)19)11-9-7-2/h12-13,19H,6-11,14H2,1-5H3. The van der Waals surface area contributed by atoms with Crippen molar-refractivity contribution in [1.82, 2.24) is 0 Å². The van der Waals surface area contributed by atoms with Crippen LogP contribution < -0.4 is 0 Å². The molecule has 0 nitrogen and oxygen atoms in total. The SMILES string of the molecule is CCCCc1cc(C[Si](C)(C)C)cc(CCCC)c1S. The molecule has 0 saturated heterocycles. The third-order valence-electron chi connectivity index (χ3n) is 3.66. The summed E-state index contributed by atoms with van der Waals surface area (Å²) in [5, 5.41) is 0. The van der Waals surface area contributed by atoms with Gasteiger partial charge in [-0.1, -0.05) is 64.0 Å². The van der Waals surface area contributed by atoms with Gasteiger partial charge in [0.2, 0.25) is 0 Å². The molecule has 0 aromatic heterocycles. The molecule has 0 aliphatic carbocycles. The molecular weight excluding hydrogens is 276 g/mol. The van der Waals surface area contributed by atoms with Crippen LogP contribution in [0.15, 0.2) is 17.0 Å². The van der Waals surface area contributed by atoms with E-state index in [-0.39, 0.29) is 0 Å². The van der Waals surface area contributed by atoms with Crippen LogP contribution in [0.3, 0.4) is 0 Å². The largest absolute Gasteiger partial charge is 0.143 e. The third kappa shape index (κ3) is 6.05. The number of hydrogen-bond acceptors (Lipinski definition) is 1. The zero-order valence-corrected chi connectivity index (χ0v) is 15.9. The number of benzene rings is 1. The lowest BCUT2D eigenvalue weighted by Crippen LogP contribution is -2.24. The van der Waals surface area contributed by atoms with Gasteiger partial charge in [0.1, 0.15) is 0 Å². The highest BCUT2D eigenvalue weighted by atomic mass is 32.1. The molecule has 1 aromatic carbocycles. The van der Waals surface area contributed by atoms with Gasteiger partial charge in [-0.3, -0.25) is 0 Å². The van der Waals surface area contributed by atoms with Crippen LogP contribution in [0, 0.1) is 0 Å². The molecule has 0 unspecified atom stereocenters. The Balaban J connectivity index is 3.05. The Hall–Kier alpha value is -0.213. The summed E-state index contributed by atoms with van der Waals surface area (Å²) >= 11 is 4.83. The van der Waals surface area contributed by atoms with E-state index in [0.717, 1.165) is 0 Å². The van der Waals surface area contributed by atoms with Gasteiger partial charge >= 0.3 is 0 Å². The molecular formula is C18H32SSi. The Bertz CT molecular complexity index is 389. The number of unbranched alkanes of at least 4 members (excludes halogenated alkanes) is 2. The molecule has 0 N–H and O–H groups in total. The molecule has 0 atom stereocenters. The van der Waals surface area contributed by atoms with Crippen molar-refractivity contribution in [3.05, 3.63) is 28.8 Å². The van der Waals surface area contributed by atoms with E-state index in [0.29, 0.717) is 0 Å². The minimum Gasteiger partial charge on any atom is -0.143 e. The van der Waals surface area contributed by atoms with E-state index in [1.54, 1.807) is 5.56 Å². The van der Waals surface area contributed by atoms with Crippen molar-refractivity contribution in [2.45, 2.75) is 83.0 Å². The highest BCUT2D eigenvalue weighted by Crippen LogP contribution is 2.26. The topological polar surface area (TPSA) is 0 Å². The fraction of sp³-hybridized carbons (Fsp3) is 0.667. The van der Waals surface area contributed by atoms with E-state index >= 15 is 0 Å². The Morgan fingerprint density at radius 1 is 0.900 bits per heavy atom. The Morgan fingerprint density at radius 2 is 1.35 bits per heavy atom. The van der Waals surface area contributed by atoms with Crippen molar-refractivity contribution in [2.75, 3.05) is 0 Å². The lowest BCUT2D eigenvalue weighted by Gasteiger charge is -2.19. The van der Waals surface area contributed by atoms with Gasteiger partial charge in [-0.15, -0.1) is 12.6 Å². The first-order valence-electron chi connectivity index (χ1n) is 8.21. The summed E-state index contributed by atoms with van der Waals surface area (Å²) in [5.74, 6) is 0. The van der Waals surface area contributed by atoms with E-state index in [2.05, 4.69) is 45.6 Å². The molecule has 0 heterocycles. The third-order valence-corrected chi connectivity index (χ3v) is 5.70. The fourth-order valence-electron chi connectivity index (χ4n) is 2.66. The predicted molar refractivity (Wildman–Crippen MR) is 98.0 cm³/mol. The van der Waals surface area contributed by atoms with E-state index in [1.165, 1.54) is 60.6 Å². The minimum absolute atomic E-state index is 1.05. The van der Waals surface area contributed by atoms with Crippen LogP contribution >= 0.6 is 12.6 Å². The van der Waals surface area contributed by atoms with Crippen molar-refractivity contribution in [2.24, 2.45) is 0 Å². The van der Waals surface area contributed by atoms with E-state index in [4.69, 9.17) is 12.6 Å². The molecule has 0 fully saturated rings. The summed E-state index contributed by atoms with van der Waals surface area (Å²) in [7, 11) is -1.05. The molecule has 1 rings (SSSR count). The van der Waals surface area contributed by atoms with Gasteiger partial charge < -0.3 is 0 Å². The molecule has 2 heteroatoms. The second-order valence-corrected chi connectivity index (χ2v) is 13.1. The van der Waals surface area contributed by atoms with Gasteiger partial charge in [0.05, 0.1) is 0 Å². The van der Waals surface area contributed by atoms with Gasteiger partial charge in [-0.05, 0) is 42.9 Å². The van der Waals surface area contributed by atoms with Crippen molar-refractivity contribution < 1.29 is 0 Å². The fourth-order valence-corrected chi connectivity index (χ4v) is 4.44. The first kappa shape index (κ1) is 17.8. The molecule has 0 bridgehead atoms. The van der Waals surface area contributed by atoms with Crippen LogP contribution in [0.1, 0.15) is 56.2 Å². The molecule has 0 aliphatic rings. The molecule has 0 spiro atoms. The molecule has 0 aliphatic heterocycles. The monoisotopic (exact) mass is 308 g/mol. The summed E-state index contributed by atoms with van der Waals surface area (Å²) in [6, 6.07) is 6.16. The Morgan fingerprint density at radius 3 is 1.70 bits per heavy atom.